The molecule has 2 aromatic rings. The van der Waals surface area contributed by atoms with Crippen LogP contribution in [0.3, 0.4) is 0 Å². The Labute approximate surface area is 99.2 Å². The monoisotopic (exact) mass is 235 g/mol. The molecule has 0 spiro atoms. The quantitative estimate of drug-likeness (QED) is 0.870. The summed E-state index contributed by atoms with van der Waals surface area (Å²) in [4.78, 5) is 4.44. The fourth-order valence-electron chi connectivity index (χ4n) is 2.00. The van der Waals surface area contributed by atoms with Gasteiger partial charge in [-0.1, -0.05) is 11.6 Å². The first kappa shape index (κ1) is 10.1. The highest BCUT2D eigenvalue weighted by atomic mass is 35.5. The van der Waals surface area contributed by atoms with Gasteiger partial charge in [-0.2, -0.15) is 0 Å². The number of aromatic nitrogens is 2. The molecule has 1 unspecified atom stereocenters. The highest BCUT2D eigenvalue weighted by Crippen LogP contribution is 2.40. The summed E-state index contributed by atoms with van der Waals surface area (Å²) >= 11 is 6.15. The number of imidazole rings is 1. The van der Waals surface area contributed by atoms with Crippen LogP contribution in [-0.4, -0.2) is 9.38 Å². The van der Waals surface area contributed by atoms with Crippen molar-refractivity contribution in [2.24, 2.45) is 5.73 Å². The molecule has 1 saturated carbocycles. The van der Waals surface area contributed by atoms with Crippen molar-refractivity contribution in [1.82, 2.24) is 9.38 Å². The Kier molecular flexibility index (Phi) is 2.19. The summed E-state index contributed by atoms with van der Waals surface area (Å²) in [5.41, 5.74) is 7.93. The van der Waals surface area contributed by atoms with Crippen molar-refractivity contribution in [3.63, 3.8) is 0 Å². The van der Waals surface area contributed by atoms with Crippen LogP contribution < -0.4 is 5.73 Å². The van der Waals surface area contributed by atoms with Crippen molar-refractivity contribution in [1.29, 1.82) is 0 Å². The number of hydrogen-bond acceptors (Lipinski definition) is 2. The third-order valence-corrected chi connectivity index (χ3v) is 3.40. The van der Waals surface area contributed by atoms with E-state index in [9.17, 15) is 0 Å². The van der Waals surface area contributed by atoms with E-state index in [2.05, 4.69) is 9.38 Å². The summed E-state index contributed by atoms with van der Waals surface area (Å²) < 4.78 is 2.09. The molecule has 1 fully saturated rings. The standard InChI is InChI=1S/C12H14ClN3/c1-7(14)9-4-5-16-10(6-9)11(13)15-12(16)8-2-3-8/h4-8H,2-3,14H2,1H3. The maximum atomic E-state index is 6.15. The fraction of sp³-hybridized carbons (Fsp3) is 0.417. The lowest BCUT2D eigenvalue weighted by atomic mass is 10.1. The van der Waals surface area contributed by atoms with Gasteiger partial charge in [0.2, 0.25) is 0 Å². The molecule has 2 N–H and O–H groups in total. The minimum absolute atomic E-state index is 0.0281. The van der Waals surface area contributed by atoms with Crippen LogP contribution >= 0.6 is 11.6 Å². The summed E-state index contributed by atoms with van der Waals surface area (Å²) in [6.07, 6.45) is 4.48. The average Bonchev–Trinajstić information content (AvgIpc) is 3.04. The van der Waals surface area contributed by atoms with Gasteiger partial charge in [-0.3, -0.25) is 0 Å². The second-order valence-electron chi connectivity index (χ2n) is 4.54. The SMILES string of the molecule is CC(N)c1ccn2c(C3CC3)nc(Cl)c2c1. The van der Waals surface area contributed by atoms with E-state index < -0.39 is 0 Å². The Hall–Kier alpha value is -1.06. The van der Waals surface area contributed by atoms with E-state index in [0.717, 1.165) is 16.9 Å². The van der Waals surface area contributed by atoms with E-state index >= 15 is 0 Å². The van der Waals surface area contributed by atoms with Crippen LogP contribution in [0.4, 0.5) is 0 Å². The highest BCUT2D eigenvalue weighted by molar-refractivity contribution is 6.32. The van der Waals surface area contributed by atoms with Crippen molar-refractivity contribution in [3.05, 3.63) is 34.9 Å². The fourth-order valence-corrected chi connectivity index (χ4v) is 2.23. The van der Waals surface area contributed by atoms with E-state index in [-0.39, 0.29) is 6.04 Å². The van der Waals surface area contributed by atoms with Crippen LogP contribution in [0.25, 0.3) is 5.52 Å². The lowest BCUT2D eigenvalue weighted by Crippen LogP contribution is -2.05. The Balaban J connectivity index is 2.20. The molecule has 2 heterocycles. The van der Waals surface area contributed by atoms with E-state index in [1.165, 1.54) is 12.8 Å². The second-order valence-corrected chi connectivity index (χ2v) is 4.90. The Morgan fingerprint density at radius 3 is 2.94 bits per heavy atom. The topological polar surface area (TPSA) is 43.3 Å². The van der Waals surface area contributed by atoms with Crippen molar-refractivity contribution in [3.8, 4) is 0 Å². The summed E-state index contributed by atoms with van der Waals surface area (Å²) in [6, 6.07) is 4.10. The summed E-state index contributed by atoms with van der Waals surface area (Å²) in [7, 11) is 0. The number of nitrogens with two attached hydrogens (primary N) is 1. The molecule has 0 radical (unpaired) electrons. The van der Waals surface area contributed by atoms with Crippen LogP contribution in [0.1, 0.15) is 43.1 Å². The van der Waals surface area contributed by atoms with Crippen LogP contribution in [0.15, 0.2) is 18.3 Å². The zero-order valence-corrected chi connectivity index (χ0v) is 9.91. The lowest BCUT2D eigenvalue weighted by Gasteiger charge is -2.06. The zero-order valence-electron chi connectivity index (χ0n) is 9.15. The first-order chi connectivity index (χ1) is 7.66. The number of hydrogen-bond donors (Lipinski definition) is 1. The van der Waals surface area contributed by atoms with Gasteiger partial charge in [0.15, 0.2) is 5.15 Å². The normalized spacial score (nSPS) is 17.9. The molecule has 0 saturated heterocycles. The highest BCUT2D eigenvalue weighted by Gasteiger charge is 2.29. The molecule has 4 heteroatoms. The molecule has 0 bridgehead atoms. The third-order valence-electron chi connectivity index (χ3n) is 3.12. The molecule has 3 nitrogen and oxygen atoms in total. The molecule has 2 aromatic heterocycles. The van der Waals surface area contributed by atoms with Gasteiger partial charge in [0.05, 0.1) is 5.52 Å². The van der Waals surface area contributed by atoms with Gasteiger partial charge in [0.25, 0.3) is 0 Å². The maximum absolute atomic E-state index is 6.15. The van der Waals surface area contributed by atoms with Crippen LogP contribution in [0, 0.1) is 0 Å². The smallest absolute Gasteiger partial charge is 0.155 e. The molecule has 0 amide bonds. The van der Waals surface area contributed by atoms with Gasteiger partial charge < -0.3 is 10.1 Å². The average molecular weight is 236 g/mol. The second kappa shape index (κ2) is 3.47. The van der Waals surface area contributed by atoms with Gasteiger partial charge in [0, 0.05) is 18.2 Å². The Morgan fingerprint density at radius 1 is 1.56 bits per heavy atom. The first-order valence-corrected chi connectivity index (χ1v) is 5.97. The van der Waals surface area contributed by atoms with Gasteiger partial charge in [0.1, 0.15) is 5.82 Å². The molecular weight excluding hydrogens is 222 g/mol. The van der Waals surface area contributed by atoms with Crippen molar-refractivity contribution < 1.29 is 0 Å². The summed E-state index contributed by atoms with van der Waals surface area (Å²) in [6.45, 7) is 1.97. The maximum Gasteiger partial charge on any atom is 0.155 e. The number of nitrogens with zero attached hydrogens (tertiary/aromatic N) is 2. The van der Waals surface area contributed by atoms with Crippen LogP contribution in [0.5, 0.6) is 0 Å². The van der Waals surface area contributed by atoms with Crippen LogP contribution in [0.2, 0.25) is 5.15 Å². The molecule has 84 valence electrons. The number of halogens is 1. The predicted molar refractivity (Wildman–Crippen MR) is 64.8 cm³/mol. The molecule has 1 atom stereocenters. The minimum atomic E-state index is 0.0281. The Morgan fingerprint density at radius 2 is 2.31 bits per heavy atom. The Bertz CT molecular complexity index is 540. The van der Waals surface area contributed by atoms with Gasteiger partial charge >= 0.3 is 0 Å². The summed E-state index contributed by atoms with van der Waals surface area (Å²) in [5.74, 6) is 1.69. The van der Waals surface area contributed by atoms with Gasteiger partial charge in [-0.25, -0.2) is 4.98 Å². The van der Waals surface area contributed by atoms with Gasteiger partial charge in [-0.15, -0.1) is 0 Å². The number of pyridine rings is 1. The molecule has 0 aromatic carbocycles. The third kappa shape index (κ3) is 1.51. The van der Waals surface area contributed by atoms with Crippen molar-refractivity contribution in [2.75, 3.05) is 0 Å². The van der Waals surface area contributed by atoms with E-state index in [1.54, 1.807) is 0 Å². The lowest BCUT2D eigenvalue weighted by molar-refractivity contribution is 0.813. The van der Waals surface area contributed by atoms with Crippen LogP contribution in [-0.2, 0) is 0 Å². The molecular formula is C12H14ClN3. The van der Waals surface area contributed by atoms with E-state index in [0.29, 0.717) is 11.1 Å². The number of rotatable bonds is 2. The molecule has 0 aliphatic heterocycles. The minimum Gasteiger partial charge on any atom is -0.324 e. The summed E-state index contributed by atoms with van der Waals surface area (Å²) in [5, 5.41) is 0.587. The predicted octanol–water partition coefficient (Wildman–Crippen LogP) is 2.88. The van der Waals surface area contributed by atoms with E-state index in [4.69, 9.17) is 17.3 Å². The largest absolute Gasteiger partial charge is 0.324 e. The van der Waals surface area contributed by atoms with Crippen molar-refractivity contribution in [2.45, 2.75) is 31.7 Å². The molecule has 1 aliphatic carbocycles. The van der Waals surface area contributed by atoms with Gasteiger partial charge in [-0.05, 0) is 37.5 Å². The number of fused-ring (bicyclic) bond motifs is 1. The molecule has 16 heavy (non-hydrogen) atoms. The zero-order chi connectivity index (χ0) is 11.3. The first-order valence-electron chi connectivity index (χ1n) is 5.60. The van der Waals surface area contributed by atoms with E-state index in [1.807, 2.05) is 25.3 Å². The van der Waals surface area contributed by atoms with Crippen molar-refractivity contribution >= 4 is 17.1 Å². The molecule has 1 aliphatic rings. The molecule has 3 rings (SSSR count).